The molecule has 0 fully saturated rings. The molecule has 1 unspecified atom stereocenters. The van der Waals surface area contributed by atoms with Crippen LogP contribution in [0.3, 0.4) is 0 Å². The molecule has 62 valence electrons. The Hall–Kier alpha value is -0.480. The van der Waals surface area contributed by atoms with Crippen LogP contribution in [0.4, 0.5) is 8.78 Å². The third kappa shape index (κ3) is 2.55. The van der Waals surface area contributed by atoms with Gasteiger partial charge >= 0.3 is 0 Å². The number of rotatable bonds is 3. The number of halogens is 2. The number of thiophene rings is 1. The standard InChI is InChI=1S/C7H8F2OS/c8-7(9)6(10)4-5-2-1-3-11-5/h1-3,6-7,10H,4H2. The van der Waals surface area contributed by atoms with E-state index in [-0.39, 0.29) is 6.42 Å². The fraction of sp³-hybridized carbons (Fsp3) is 0.429. The number of alkyl halides is 2. The molecule has 4 heteroatoms. The Morgan fingerprint density at radius 1 is 1.55 bits per heavy atom. The number of aliphatic hydroxyl groups is 1. The van der Waals surface area contributed by atoms with Gasteiger partial charge in [-0.1, -0.05) is 6.07 Å². The van der Waals surface area contributed by atoms with E-state index in [2.05, 4.69) is 0 Å². The van der Waals surface area contributed by atoms with E-state index >= 15 is 0 Å². The van der Waals surface area contributed by atoms with Gasteiger partial charge in [0.1, 0.15) is 6.10 Å². The molecule has 11 heavy (non-hydrogen) atoms. The summed E-state index contributed by atoms with van der Waals surface area (Å²) in [5.74, 6) is 0. The lowest BCUT2D eigenvalue weighted by Crippen LogP contribution is -2.19. The van der Waals surface area contributed by atoms with Crippen molar-refractivity contribution in [1.82, 2.24) is 0 Å². The highest BCUT2D eigenvalue weighted by Gasteiger charge is 2.17. The minimum atomic E-state index is -2.64. The van der Waals surface area contributed by atoms with Crippen LogP contribution in [0.25, 0.3) is 0 Å². The molecule has 0 radical (unpaired) electrons. The first-order valence-corrected chi connectivity index (χ1v) is 4.06. The Labute approximate surface area is 67.3 Å². The van der Waals surface area contributed by atoms with Gasteiger partial charge in [0, 0.05) is 11.3 Å². The van der Waals surface area contributed by atoms with Gasteiger partial charge in [0.05, 0.1) is 0 Å². The van der Waals surface area contributed by atoms with Crippen LogP contribution in [0.15, 0.2) is 17.5 Å². The fourth-order valence-corrected chi connectivity index (χ4v) is 1.48. The van der Waals surface area contributed by atoms with Crippen LogP contribution in [-0.2, 0) is 6.42 Å². The smallest absolute Gasteiger partial charge is 0.264 e. The number of hydrogen-bond acceptors (Lipinski definition) is 2. The zero-order valence-corrected chi connectivity index (χ0v) is 6.52. The van der Waals surface area contributed by atoms with Crippen molar-refractivity contribution < 1.29 is 13.9 Å². The van der Waals surface area contributed by atoms with Gasteiger partial charge in [-0.3, -0.25) is 0 Å². The van der Waals surface area contributed by atoms with Gasteiger partial charge in [0.15, 0.2) is 0 Å². The molecule has 1 rings (SSSR count). The highest BCUT2D eigenvalue weighted by molar-refractivity contribution is 7.09. The van der Waals surface area contributed by atoms with E-state index in [1.807, 2.05) is 0 Å². The third-order valence-corrected chi connectivity index (χ3v) is 2.18. The quantitative estimate of drug-likeness (QED) is 0.749. The van der Waals surface area contributed by atoms with Crippen molar-refractivity contribution in [3.63, 3.8) is 0 Å². The van der Waals surface area contributed by atoms with E-state index in [0.717, 1.165) is 4.88 Å². The Bertz CT molecular complexity index is 198. The van der Waals surface area contributed by atoms with Crippen LogP contribution in [0, 0.1) is 0 Å². The van der Waals surface area contributed by atoms with Gasteiger partial charge in [-0.2, -0.15) is 0 Å². The molecule has 0 aliphatic carbocycles. The average Bonchev–Trinajstić information content (AvgIpc) is 2.39. The van der Waals surface area contributed by atoms with Crippen LogP contribution < -0.4 is 0 Å². The second kappa shape index (κ2) is 3.78. The molecule has 0 saturated heterocycles. The minimum Gasteiger partial charge on any atom is -0.387 e. The lowest BCUT2D eigenvalue weighted by atomic mass is 10.2. The van der Waals surface area contributed by atoms with Crippen LogP contribution in [0.1, 0.15) is 4.88 Å². The van der Waals surface area contributed by atoms with Crippen molar-refractivity contribution in [2.45, 2.75) is 19.0 Å². The maximum Gasteiger partial charge on any atom is 0.264 e. The summed E-state index contributed by atoms with van der Waals surface area (Å²) in [6.07, 6.45) is -4.11. The SMILES string of the molecule is OC(Cc1cccs1)C(F)F. The van der Waals surface area contributed by atoms with Crippen molar-refractivity contribution >= 4 is 11.3 Å². The molecular formula is C7H8F2OS. The predicted octanol–water partition coefficient (Wildman–Crippen LogP) is 1.92. The summed E-state index contributed by atoms with van der Waals surface area (Å²) in [4.78, 5) is 0.790. The molecular weight excluding hydrogens is 170 g/mol. The molecule has 0 saturated carbocycles. The summed E-state index contributed by atoms with van der Waals surface area (Å²) in [6.45, 7) is 0. The van der Waals surface area contributed by atoms with Crippen molar-refractivity contribution in [3.05, 3.63) is 22.4 Å². The summed E-state index contributed by atoms with van der Waals surface area (Å²) < 4.78 is 23.5. The zero-order chi connectivity index (χ0) is 8.27. The molecule has 0 aromatic carbocycles. The normalized spacial score (nSPS) is 13.8. The Morgan fingerprint density at radius 3 is 2.73 bits per heavy atom. The number of aliphatic hydroxyl groups excluding tert-OH is 1. The molecule has 1 N–H and O–H groups in total. The molecule has 0 spiro atoms. The average molecular weight is 178 g/mol. The highest BCUT2D eigenvalue weighted by Crippen LogP contribution is 2.14. The molecule has 1 nitrogen and oxygen atoms in total. The predicted molar refractivity (Wildman–Crippen MR) is 40.0 cm³/mol. The van der Waals surface area contributed by atoms with Gasteiger partial charge in [-0.25, -0.2) is 8.78 Å². The number of hydrogen-bond donors (Lipinski definition) is 1. The summed E-state index contributed by atoms with van der Waals surface area (Å²) >= 11 is 1.38. The molecule has 0 aliphatic rings. The summed E-state index contributed by atoms with van der Waals surface area (Å²) in [7, 11) is 0. The third-order valence-electron chi connectivity index (χ3n) is 1.28. The molecule has 0 bridgehead atoms. The van der Waals surface area contributed by atoms with Crippen molar-refractivity contribution in [1.29, 1.82) is 0 Å². The van der Waals surface area contributed by atoms with E-state index in [0.29, 0.717) is 0 Å². The first kappa shape index (κ1) is 8.62. The Morgan fingerprint density at radius 2 is 2.27 bits per heavy atom. The molecule has 0 amide bonds. The van der Waals surface area contributed by atoms with E-state index < -0.39 is 12.5 Å². The summed E-state index contributed by atoms with van der Waals surface area (Å²) in [5, 5.41) is 10.6. The lowest BCUT2D eigenvalue weighted by molar-refractivity contribution is -0.00322. The largest absolute Gasteiger partial charge is 0.387 e. The van der Waals surface area contributed by atoms with Crippen LogP contribution >= 0.6 is 11.3 Å². The van der Waals surface area contributed by atoms with Gasteiger partial charge < -0.3 is 5.11 Å². The second-order valence-electron chi connectivity index (χ2n) is 2.19. The summed E-state index contributed by atoms with van der Waals surface area (Å²) in [6, 6.07) is 3.51. The van der Waals surface area contributed by atoms with Crippen molar-refractivity contribution in [2.24, 2.45) is 0 Å². The van der Waals surface area contributed by atoms with Crippen molar-refractivity contribution in [3.8, 4) is 0 Å². The molecule has 0 aliphatic heterocycles. The van der Waals surface area contributed by atoms with E-state index in [1.165, 1.54) is 11.3 Å². The molecule has 1 heterocycles. The van der Waals surface area contributed by atoms with Crippen molar-refractivity contribution in [2.75, 3.05) is 0 Å². The monoisotopic (exact) mass is 178 g/mol. The minimum absolute atomic E-state index is 0.0509. The molecule has 1 aromatic rings. The first-order chi connectivity index (χ1) is 5.20. The Kier molecular flexibility index (Phi) is 2.96. The fourth-order valence-electron chi connectivity index (χ4n) is 0.724. The highest BCUT2D eigenvalue weighted by atomic mass is 32.1. The van der Waals surface area contributed by atoms with Gasteiger partial charge in [0.25, 0.3) is 6.43 Å². The van der Waals surface area contributed by atoms with Gasteiger partial charge in [-0.05, 0) is 11.4 Å². The first-order valence-electron chi connectivity index (χ1n) is 3.18. The molecule has 1 atom stereocenters. The van der Waals surface area contributed by atoms with Crippen LogP contribution in [0.5, 0.6) is 0 Å². The van der Waals surface area contributed by atoms with E-state index in [9.17, 15) is 8.78 Å². The maximum absolute atomic E-state index is 11.8. The van der Waals surface area contributed by atoms with E-state index in [1.54, 1.807) is 17.5 Å². The van der Waals surface area contributed by atoms with Crippen LogP contribution in [0.2, 0.25) is 0 Å². The Balaban J connectivity index is 2.43. The van der Waals surface area contributed by atoms with Crippen LogP contribution in [-0.4, -0.2) is 17.6 Å². The van der Waals surface area contributed by atoms with E-state index in [4.69, 9.17) is 5.11 Å². The zero-order valence-electron chi connectivity index (χ0n) is 5.71. The maximum atomic E-state index is 11.8. The summed E-state index contributed by atoms with van der Waals surface area (Å²) in [5.41, 5.74) is 0. The molecule has 1 aromatic heterocycles. The topological polar surface area (TPSA) is 20.2 Å². The second-order valence-corrected chi connectivity index (χ2v) is 3.22. The lowest BCUT2D eigenvalue weighted by Gasteiger charge is -2.06. The van der Waals surface area contributed by atoms with Gasteiger partial charge in [0.2, 0.25) is 0 Å². The van der Waals surface area contributed by atoms with Gasteiger partial charge in [-0.15, -0.1) is 11.3 Å².